The summed E-state index contributed by atoms with van der Waals surface area (Å²) in [7, 11) is -3.05. The van der Waals surface area contributed by atoms with Crippen LogP contribution in [-0.2, 0) is 19.1 Å². The summed E-state index contributed by atoms with van der Waals surface area (Å²) in [5.41, 5.74) is 1.21. The number of aliphatic hydroxyl groups excluding tert-OH is 1. The normalized spacial score (nSPS) is 16.8. The number of alkyl halides is 3. The quantitative estimate of drug-likeness (QED) is 0.146. The largest absolute Gasteiger partial charge is 0.491 e. The molecule has 1 amide bonds. The number of benzene rings is 3. The molecule has 1 fully saturated rings. The molecule has 0 spiro atoms. The Labute approximate surface area is 269 Å². The Morgan fingerprint density at radius 1 is 1.00 bits per heavy atom. The van der Waals surface area contributed by atoms with Gasteiger partial charge in [0.1, 0.15) is 5.75 Å². The maximum Gasteiger partial charge on any atom is 0.416 e. The van der Waals surface area contributed by atoms with Crippen molar-refractivity contribution in [2.24, 2.45) is 0 Å². The average molecular weight is 672 g/mol. The van der Waals surface area contributed by atoms with Crippen LogP contribution in [0, 0.1) is 0 Å². The summed E-state index contributed by atoms with van der Waals surface area (Å²) in [5, 5.41) is 17.1. The second kappa shape index (κ2) is 16.0. The molecule has 13 heteroatoms. The maximum absolute atomic E-state index is 13.7. The molecule has 1 aliphatic heterocycles. The van der Waals surface area contributed by atoms with E-state index in [1.807, 2.05) is 44.2 Å². The number of rotatable bonds is 12. The first kappa shape index (κ1) is 36.5. The standard InChI is InChI=1S/C32H40F3N3O5S.ClH/c1-22(2)43-28-18-25(17-27(19-28)38-13-6-7-14-44(38,41)42)31(40)37-29(16-23-9-4-3-5-10-23)30(39)21-36-20-24-11-8-12-26(15-24)32(33,34)35;/h3-5,8-12,15,17-19,22,29-30,36,39,41-42H,6-7,13-14,16,20-21H2,1-2H3,(H,37,40);1H/t29-,30-;/m0./s1. The Balaban J connectivity index is 0.00000552. The highest BCUT2D eigenvalue weighted by Crippen LogP contribution is 2.50. The zero-order valence-electron chi connectivity index (χ0n) is 25.2. The second-order valence-electron chi connectivity index (χ2n) is 11.2. The van der Waals surface area contributed by atoms with Gasteiger partial charge in [0.05, 0.1) is 35.3 Å². The number of ether oxygens (including phenoxy) is 1. The van der Waals surface area contributed by atoms with E-state index in [1.165, 1.54) is 10.4 Å². The van der Waals surface area contributed by atoms with Crippen LogP contribution in [0.3, 0.4) is 0 Å². The number of carbonyl (C=O) groups is 1. The predicted octanol–water partition coefficient (Wildman–Crippen LogP) is 6.67. The molecule has 3 aromatic carbocycles. The fraction of sp³-hybridized carbons (Fsp3) is 0.406. The SMILES string of the molecule is CC(C)Oc1cc(C(=O)N[C@@H](Cc2ccccc2)[C@@H](O)CNCc2cccc(C(F)(F)F)c2)cc(N2CCCCS2(O)O)c1.Cl. The summed E-state index contributed by atoms with van der Waals surface area (Å²) in [6.07, 6.45) is -3.99. The Bertz CT molecular complexity index is 1400. The Kier molecular flexibility index (Phi) is 13.0. The van der Waals surface area contributed by atoms with Gasteiger partial charge in [0.15, 0.2) is 0 Å². The van der Waals surface area contributed by atoms with Gasteiger partial charge in [-0.2, -0.15) is 13.2 Å². The van der Waals surface area contributed by atoms with Crippen molar-refractivity contribution in [2.75, 3.05) is 23.1 Å². The van der Waals surface area contributed by atoms with Crippen molar-refractivity contribution < 1.29 is 36.9 Å². The Morgan fingerprint density at radius 2 is 1.71 bits per heavy atom. The molecule has 45 heavy (non-hydrogen) atoms. The summed E-state index contributed by atoms with van der Waals surface area (Å²) >= 11 is 0. The topological polar surface area (TPSA) is 114 Å². The van der Waals surface area contributed by atoms with Crippen LogP contribution in [0.5, 0.6) is 5.75 Å². The molecule has 0 radical (unpaired) electrons. The number of hydrogen-bond donors (Lipinski definition) is 5. The number of hydrogen-bond acceptors (Lipinski definition) is 7. The molecule has 3 aromatic rings. The molecule has 8 nitrogen and oxygen atoms in total. The smallest absolute Gasteiger partial charge is 0.416 e. The molecule has 248 valence electrons. The molecule has 0 saturated carbocycles. The lowest BCUT2D eigenvalue weighted by Gasteiger charge is -2.47. The highest BCUT2D eigenvalue weighted by Gasteiger charge is 2.31. The minimum atomic E-state index is -4.46. The van der Waals surface area contributed by atoms with Gasteiger partial charge in [-0.05, 0) is 62.4 Å². The first-order chi connectivity index (χ1) is 20.8. The molecule has 5 N–H and O–H groups in total. The fourth-order valence-electron chi connectivity index (χ4n) is 5.07. The average Bonchev–Trinajstić information content (AvgIpc) is 2.96. The Morgan fingerprint density at radius 3 is 2.38 bits per heavy atom. The number of aliphatic hydroxyl groups is 1. The van der Waals surface area contributed by atoms with Gasteiger partial charge in [-0.15, -0.1) is 23.2 Å². The summed E-state index contributed by atoms with van der Waals surface area (Å²) in [4.78, 5) is 13.7. The van der Waals surface area contributed by atoms with E-state index in [1.54, 1.807) is 24.3 Å². The second-order valence-corrected chi connectivity index (χ2v) is 13.3. The Hall–Kier alpha value is -3.00. The van der Waals surface area contributed by atoms with Gasteiger partial charge < -0.3 is 20.5 Å². The number of nitrogens with one attached hydrogen (secondary N) is 2. The van der Waals surface area contributed by atoms with Crippen LogP contribution in [0.1, 0.15) is 53.7 Å². The molecule has 0 aliphatic carbocycles. The number of amides is 1. The van der Waals surface area contributed by atoms with Gasteiger partial charge in [-0.25, -0.2) is 0 Å². The lowest BCUT2D eigenvalue weighted by atomic mass is 10.00. The van der Waals surface area contributed by atoms with Gasteiger partial charge in [0.2, 0.25) is 0 Å². The highest BCUT2D eigenvalue weighted by atomic mass is 35.5. The molecular formula is C32H41ClF3N3O5S. The molecule has 1 heterocycles. The van der Waals surface area contributed by atoms with Gasteiger partial charge >= 0.3 is 6.18 Å². The van der Waals surface area contributed by atoms with Crippen molar-refractivity contribution in [3.05, 3.63) is 95.1 Å². The van der Waals surface area contributed by atoms with E-state index in [0.29, 0.717) is 36.4 Å². The van der Waals surface area contributed by atoms with E-state index in [9.17, 15) is 32.2 Å². The van der Waals surface area contributed by atoms with Crippen LogP contribution in [0.25, 0.3) is 0 Å². The molecule has 0 unspecified atom stereocenters. The lowest BCUT2D eigenvalue weighted by molar-refractivity contribution is -0.137. The first-order valence-corrected chi connectivity index (χ1v) is 16.2. The summed E-state index contributed by atoms with van der Waals surface area (Å²) in [6, 6.07) is 18.4. The van der Waals surface area contributed by atoms with E-state index in [4.69, 9.17) is 4.74 Å². The van der Waals surface area contributed by atoms with E-state index >= 15 is 0 Å². The number of anilines is 1. The zero-order chi connectivity index (χ0) is 31.9. The van der Waals surface area contributed by atoms with Crippen molar-refractivity contribution >= 4 is 34.8 Å². The molecule has 0 aromatic heterocycles. The van der Waals surface area contributed by atoms with Crippen LogP contribution in [0.4, 0.5) is 18.9 Å². The van der Waals surface area contributed by atoms with Crippen molar-refractivity contribution in [1.29, 1.82) is 0 Å². The van der Waals surface area contributed by atoms with E-state index in [2.05, 4.69) is 10.6 Å². The first-order valence-electron chi connectivity index (χ1n) is 14.6. The maximum atomic E-state index is 13.7. The van der Waals surface area contributed by atoms with E-state index in [0.717, 1.165) is 24.1 Å². The van der Waals surface area contributed by atoms with Crippen molar-refractivity contribution in [3.8, 4) is 5.75 Å². The minimum absolute atomic E-state index is 0. The minimum Gasteiger partial charge on any atom is -0.491 e. The summed E-state index contributed by atoms with van der Waals surface area (Å²) in [5.74, 6) is 0.140. The lowest BCUT2D eigenvalue weighted by Crippen LogP contribution is -2.48. The van der Waals surface area contributed by atoms with Crippen LogP contribution in [0.2, 0.25) is 0 Å². The van der Waals surface area contributed by atoms with Crippen LogP contribution in [0.15, 0.2) is 72.8 Å². The molecule has 2 atom stereocenters. The molecule has 0 bridgehead atoms. The van der Waals surface area contributed by atoms with Crippen molar-refractivity contribution in [3.63, 3.8) is 0 Å². The predicted molar refractivity (Wildman–Crippen MR) is 174 cm³/mol. The van der Waals surface area contributed by atoms with Crippen LogP contribution >= 0.6 is 23.2 Å². The number of carbonyl (C=O) groups excluding carboxylic acids is 1. The van der Waals surface area contributed by atoms with E-state index < -0.39 is 40.6 Å². The molecule has 4 rings (SSSR count). The number of nitrogens with zero attached hydrogens (tertiary/aromatic N) is 1. The van der Waals surface area contributed by atoms with Crippen molar-refractivity contribution in [1.82, 2.24) is 10.6 Å². The third kappa shape index (κ3) is 10.5. The van der Waals surface area contributed by atoms with Crippen molar-refractivity contribution in [2.45, 2.75) is 64.1 Å². The van der Waals surface area contributed by atoms with E-state index in [-0.39, 0.29) is 42.9 Å². The highest BCUT2D eigenvalue weighted by molar-refractivity contribution is 8.25. The fourth-order valence-corrected chi connectivity index (χ4v) is 6.75. The van der Waals surface area contributed by atoms with Gasteiger partial charge in [0.25, 0.3) is 5.91 Å². The summed E-state index contributed by atoms with van der Waals surface area (Å²) in [6.45, 7) is 4.21. The van der Waals surface area contributed by atoms with Crippen LogP contribution < -0.4 is 19.7 Å². The molecular weight excluding hydrogens is 631 g/mol. The van der Waals surface area contributed by atoms with Gasteiger partial charge in [-0.1, -0.05) is 48.5 Å². The molecule has 1 saturated heterocycles. The molecule has 1 aliphatic rings. The monoisotopic (exact) mass is 671 g/mol. The number of halogens is 4. The van der Waals surface area contributed by atoms with Gasteiger partial charge in [0, 0.05) is 31.3 Å². The third-order valence-corrected chi connectivity index (χ3v) is 9.15. The zero-order valence-corrected chi connectivity index (χ0v) is 26.8. The summed E-state index contributed by atoms with van der Waals surface area (Å²) < 4.78 is 68.2. The third-order valence-electron chi connectivity index (χ3n) is 7.21. The van der Waals surface area contributed by atoms with Crippen LogP contribution in [-0.4, -0.2) is 57.2 Å². The van der Waals surface area contributed by atoms with Gasteiger partial charge in [-0.3, -0.25) is 18.2 Å².